The molecular formula is C12H22N2O4. The highest BCUT2D eigenvalue weighted by Gasteiger charge is 2.32. The molecule has 0 aliphatic carbocycles. The number of nitrogens with one attached hydrogen (secondary N) is 1. The van der Waals surface area contributed by atoms with E-state index in [-0.39, 0.29) is 24.3 Å². The molecule has 6 nitrogen and oxygen atoms in total. The van der Waals surface area contributed by atoms with E-state index in [4.69, 9.17) is 9.84 Å². The largest absolute Gasteiger partial charge is 0.394 e. The van der Waals surface area contributed by atoms with E-state index in [0.29, 0.717) is 45.7 Å². The zero-order chi connectivity index (χ0) is 13.4. The molecule has 1 aliphatic rings. The first-order chi connectivity index (χ1) is 8.69. The lowest BCUT2D eigenvalue weighted by Gasteiger charge is -2.13. The van der Waals surface area contributed by atoms with Gasteiger partial charge in [0.05, 0.1) is 19.1 Å². The summed E-state index contributed by atoms with van der Waals surface area (Å²) in [5.41, 5.74) is 0. The van der Waals surface area contributed by atoms with E-state index in [1.807, 2.05) is 6.92 Å². The standard InChI is InChI=1S/C12H22N2O4/c1-2-14-9-10(8-11(14)16)12(17)13-4-3-6-18-7-5-15/h10,15H,2-9H2,1H3,(H,13,17). The lowest BCUT2D eigenvalue weighted by Crippen LogP contribution is -2.33. The number of nitrogens with zero attached hydrogens (tertiary/aromatic N) is 1. The minimum Gasteiger partial charge on any atom is -0.394 e. The predicted octanol–water partition coefficient (Wildman–Crippen LogP) is -0.630. The third-order valence-electron chi connectivity index (χ3n) is 2.97. The monoisotopic (exact) mass is 258 g/mol. The highest BCUT2D eigenvalue weighted by atomic mass is 16.5. The van der Waals surface area contributed by atoms with Gasteiger partial charge in [-0.25, -0.2) is 0 Å². The first-order valence-electron chi connectivity index (χ1n) is 6.43. The molecule has 1 rings (SSSR count). The van der Waals surface area contributed by atoms with Crippen LogP contribution in [0.3, 0.4) is 0 Å². The van der Waals surface area contributed by atoms with Crippen molar-refractivity contribution < 1.29 is 19.4 Å². The maximum absolute atomic E-state index is 11.8. The number of hydrogen-bond acceptors (Lipinski definition) is 4. The molecule has 0 aromatic rings. The van der Waals surface area contributed by atoms with Crippen LogP contribution in [-0.2, 0) is 14.3 Å². The second kappa shape index (κ2) is 8.05. The molecule has 1 heterocycles. The number of carbonyl (C=O) groups is 2. The van der Waals surface area contributed by atoms with E-state index >= 15 is 0 Å². The summed E-state index contributed by atoms with van der Waals surface area (Å²) in [4.78, 5) is 24.9. The molecule has 2 N–H and O–H groups in total. The summed E-state index contributed by atoms with van der Waals surface area (Å²) in [5.74, 6) is -0.207. The lowest BCUT2D eigenvalue weighted by molar-refractivity contribution is -0.128. The highest BCUT2D eigenvalue weighted by molar-refractivity contribution is 5.89. The molecule has 1 fully saturated rings. The molecule has 0 aromatic heterocycles. The number of aliphatic hydroxyl groups is 1. The van der Waals surface area contributed by atoms with E-state index in [0.717, 1.165) is 0 Å². The molecule has 0 aromatic carbocycles. The molecule has 0 radical (unpaired) electrons. The normalized spacial score (nSPS) is 19.3. The van der Waals surface area contributed by atoms with Crippen molar-refractivity contribution in [1.29, 1.82) is 0 Å². The molecule has 18 heavy (non-hydrogen) atoms. The van der Waals surface area contributed by atoms with Gasteiger partial charge in [-0.05, 0) is 13.3 Å². The molecule has 1 aliphatic heterocycles. The van der Waals surface area contributed by atoms with Crippen LogP contribution in [0, 0.1) is 5.92 Å². The summed E-state index contributed by atoms with van der Waals surface area (Å²) in [5, 5.41) is 11.3. The predicted molar refractivity (Wildman–Crippen MR) is 65.9 cm³/mol. The Labute approximate surface area is 107 Å². The van der Waals surface area contributed by atoms with Gasteiger partial charge in [-0.1, -0.05) is 0 Å². The van der Waals surface area contributed by atoms with Gasteiger partial charge in [0.2, 0.25) is 11.8 Å². The SMILES string of the molecule is CCN1CC(C(=O)NCCCOCCO)CC1=O. The fraction of sp³-hybridized carbons (Fsp3) is 0.833. The number of aliphatic hydroxyl groups excluding tert-OH is 1. The molecule has 1 saturated heterocycles. The van der Waals surface area contributed by atoms with Crippen LogP contribution < -0.4 is 5.32 Å². The Balaban J connectivity index is 2.12. The third kappa shape index (κ3) is 4.62. The first-order valence-corrected chi connectivity index (χ1v) is 6.43. The fourth-order valence-corrected chi connectivity index (χ4v) is 1.95. The van der Waals surface area contributed by atoms with Gasteiger partial charge in [-0.2, -0.15) is 0 Å². The van der Waals surface area contributed by atoms with Crippen LogP contribution in [0.25, 0.3) is 0 Å². The van der Waals surface area contributed by atoms with Gasteiger partial charge < -0.3 is 20.1 Å². The van der Waals surface area contributed by atoms with Crippen LogP contribution in [0.2, 0.25) is 0 Å². The summed E-state index contributed by atoms with van der Waals surface area (Å²) in [6.07, 6.45) is 1.03. The van der Waals surface area contributed by atoms with Gasteiger partial charge in [-0.3, -0.25) is 9.59 Å². The first kappa shape index (κ1) is 14.9. The van der Waals surface area contributed by atoms with Crippen LogP contribution in [0.5, 0.6) is 0 Å². The number of carbonyl (C=O) groups excluding carboxylic acids is 2. The molecule has 0 spiro atoms. The summed E-state index contributed by atoms with van der Waals surface area (Å²) in [6.45, 7) is 4.52. The van der Waals surface area contributed by atoms with Crippen molar-refractivity contribution in [1.82, 2.24) is 10.2 Å². The minimum atomic E-state index is -0.212. The Hall–Kier alpha value is -1.14. The Kier molecular flexibility index (Phi) is 6.67. The maximum Gasteiger partial charge on any atom is 0.225 e. The highest BCUT2D eigenvalue weighted by Crippen LogP contribution is 2.17. The van der Waals surface area contributed by atoms with E-state index in [1.165, 1.54) is 0 Å². The topological polar surface area (TPSA) is 78.9 Å². The molecule has 2 amide bonds. The molecule has 0 bridgehead atoms. The van der Waals surface area contributed by atoms with Crippen molar-refractivity contribution in [2.75, 3.05) is 39.5 Å². The van der Waals surface area contributed by atoms with Crippen molar-refractivity contribution in [3.05, 3.63) is 0 Å². The van der Waals surface area contributed by atoms with Crippen LogP contribution in [0.1, 0.15) is 19.8 Å². The number of amides is 2. The number of rotatable bonds is 8. The second-order valence-electron chi connectivity index (χ2n) is 4.31. The number of hydrogen-bond donors (Lipinski definition) is 2. The summed E-state index contributed by atoms with van der Waals surface area (Å²) >= 11 is 0. The van der Waals surface area contributed by atoms with E-state index in [9.17, 15) is 9.59 Å². The Morgan fingerprint density at radius 3 is 2.94 bits per heavy atom. The van der Waals surface area contributed by atoms with Gasteiger partial charge in [0, 0.05) is 32.7 Å². The van der Waals surface area contributed by atoms with Crippen molar-refractivity contribution >= 4 is 11.8 Å². The zero-order valence-electron chi connectivity index (χ0n) is 10.9. The van der Waals surface area contributed by atoms with E-state index in [2.05, 4.69) is 5.32 Å². The quantitative estimate of drug-likeness (QED) is 0.568. The van der Waals surface area contributed by atoms with Gasteiger partial charge >= 0.3 is 0 Å². The van der Waals surface area contributed by atoms with Gasteiger partial charge in [0.1, 0.15) is 0 Å². The average molecular weight is 258 g/mol. The fourth-order valence-electron chi connectivity index (χ4n) is 1.95. The zero-order valence-corrected chi connectivity index (χ0v) is 10.9. The molecule has 6 heteroatoms. The summed E-state index contributed by atoms with van der Waals surface area (Å²) < 4.78 is 5.08. The Bertz CT molecular complexity index is 283. The van der Waals surface area contributed by atoms with Crippen LogP contribution in [0.4, 0.5) is 0 Å². The second-order valence-corrected chi connectivity index (χ2v) is 4.31. The van der Waals surface area contributed by atoms with Crippen molar-refractivity contribution in [2.45, 2.75) is 19.8 Å². The number of likely N-dealkylation sites (tertiary alicyclic amines) is 1. The molecular weight excluding hydrogens is 236 g/mol. The van der Waals surface area contributed by atoms with Crippen LogP contribution in [0.15, 0.2) is 0 Å². The average Bonchev–Trinajstić information content (AvgIpc) is 2.74. The van der Waals surface area contributed by atoms with Crippen LogP contribution in [-0.4, -0.2) is 61.3 Å². The molecule has 104 valence electrons. The van der Waals surface area contributed by atoms with E-state index in [1.54, 1.807) is 4.90 Å². The van der Waals surface area contributed by atoms with E-state index < -0.39 is 0 Å². The number of ether oxygens (including phenoxy) is 1. The third-order valence-corrected chi connectivity index (χ3v) is 2.97. The summed E-state index contributed by atoms with van der Waals surface area (Å²) in [7, 11) is 0. The van der Waals surface area contributed by atoms with Crippen molar-refractivity contribution in [2.24, 2.45) is 5.92 Å². The van der Waals surface area contributed by atoms with Gasteiger partial charge in [0.25, 0.3) is 0 Å². The Morgan fingerprint density at radius 1 is 1.56 bits per heavy atom. The lowest BCUT2D eigenvalue weighted by atomic mass is 10.1. The Morgan fingerprint density at radius 2 is 2.33 bits per heavy atom. The molecule has 0 saturated carbocycles. The van der Waals surface area contributed by atoms with Gasteiger partial charge in [-0.15, -0.1) is 0 Å². The molecule has 1 unspecified atom stereocenters. The summed E-state index contributed by atoms with van der Waals surface area (Å²) in [6, 6.07) is 0. The van der Waals surface area contributed by atoms with Gasteiger partial charge in [0.15, 0.2) is 0 Å². The minimum absolute atomic E-state index is 0.0173. The molecule has 1 atom stereocenters. The van der Waals surface area contributed by atoms with Crippen molar-refractivity contribution in [3.8, 4) is 0 Å². The van der Waals surface area contributed by atoms with Crippen molar-refractivity contribution in [3.63, 3.8) is 0 Å². The smallest absolute Gasteiger partial charge is 0.225 e. The van der Waals surface area contributed by atoms with Crippen LogP contribution >= 0.6 is 0 Å². The maximum atomic E-state index is 11.8.